The van der Waals surface area contributed by atoms with Crippen molar-refractivity contribution in [2.75, 3.05) is 19.8 Å². The van der Waals surface area contributed by atoms with Gasteiger partial charge in [0, 0.05) is 5.92 Å². The van der Waals surface area contributed by atoms with Crippen LogP contribution >= 0.6 is 0 Å². The second kappa shape index (κ2) is 9.33. The minimum Gasteiger partial charge on any atom is -0.494 e. The van der Waals surface area contributed by atoms with E-state index in [0.29, 0.717) is 19.1 Å². The molecule has 0 aliphatic heterocycles. The fraction of sp³-hybridized carbons (Fsp3) is 0.429. The van der Waals surface area contributed by atoms with Crippen LogP contribution in [0.15, 0.2) is 48.5 Å². The van der Waals surface area contributed by atoms with E-state index < -0.39 is 0 Å². The number of hydrogen-bond acceptors (Lipinski definition) is 3. The number of hydrogen-bond donors (Lipinski definition) is 1. The Morgan fingerprint density at radius 2 is 1.79 bits per heavy atom. The average Bonchev–Trinajstić information content (AvgIpc) is 2.59. The first-order chi connectivity index (χ1) is 11.6. The SMILES string of the molecule is CCOc1ccccc1C(CN)Cc1cccc(OCC(C)C)c1. The van der Waals surface area contributed by atoms with Gasteiger partial charge in [-0.25, -0.2) is 0 Å². The lowest BCUT2D eigenvalue weighted by Gasteiger charge is -2.19. The molecule has 0 saturated carbocycles. The van der Waals surface area contributed by atoms with Crippen molar-refractivity contribution in [3.63, 3.8) is 0 Å². The van der Waals surface area contributed by atoms with E-state index in [9.17, 15) is 0 Å². The highest BCUT2D eigenvalue weighted by atomic mass is 16.5. The van der Waals surface area contributed by atoms with Gasteiger partial charge in [0.2, 0.25) is 0 Å². The third kappa shape index (κ3) is 5.27. The Kier molecular flexibility index (Phi) is 7.13. The van der Waals surface area contributed by atoms with Crippen molar-refractivity contribution >= 4 is 0 Å². The van der Waals surface area contributed by atoms with Gasteiger partial charge in [0.05, 0.1) is 13.2 Å². The van der Waals surface area contributed by atoms with Gasteiger partial charge in [0.25, 0.3) is 0 Å². The first-order valence-corrected chi connectivity index (χ1v) is 8.77. The summed E-state index contributed by atoms with van der Waals surface area (Å²) in [5, 5.41) is 0. The lowest BCUT2D eigenvalue weighted by atomic mass is 9.91. The van der Waals surface area contributed by atoms with Crippen molar-refractivity contribution in [2.45, 2.75) is 33.1 Å². The number of para-hydroxylation sites is 1. The highest BCUT2D eigenvalue weighted by molar-refractivity contribution is 5.38. The zero-order chi connectivity index (χ0) is 17.4. The van der Waals surface area contributed by atoms with Crippen LogP contribution in [0.25, 0.3) is 0 Å². The summed E-state index contributed by atoms with van der Waals surface area (Å²) in [6.45, 7) is 8.28. The van der Waals surface area contributed by atoms with Crippen LogP contribution in [0.1, 0.15) is 37.8 Å². The molecule has 0 fully saturated rings. The second-order valence-corrected chi connectivity index (χ2v) is 6.46. The lowest BCUT2D eigenvalue weighted by molar-refractivity contribution is 0.271. The van der Waals surface area contributed by atoms with Gasteiger partial charge in [-0.3, -0.25) is 0 Å². The molecule has 2 N–H and O–H groups in total. The van der Waals surface area contributed by atoms with Crippen molar-refractivity contribution in [3.05, 3.63) is 59.7 Å². The van der Waals surface area contributed by atoms with E-state index in [-0.39, 0.29) is 5.92 Å². The molecule has 24 heavy (non-hydrogen) atoms. The van der Waals surface area contributed by atoms with Crippen molar-refractivity contribution < 1.29 is 9.47 Å². The standard InChI is InChI=1S/C21H29NO2/c1-4-23-21-11-6-5-10-20(21)18(14-22)12-17-8-7-9-19(13-17)24-15-16(2)3/h5-11,13,16,18H,4,12,14-15,22H2,1-3H3. The van der Waals surface area contributed by atoms with E-state index in [2.05, 4.69) is 32.0 Å². The second-order valence-electron chi connectivity index (χ2n) is 6.46. The van der Waals surface area contributed by atoms with E-state index in [1.165, 1.54) is 11.1 Å². The normalized spacial score (nSPS) is 12.2. The summed E-state index contributed by atoms with van der Waals surface area (Å²) in [5.74, 6) is 2.61. The van der Waals surface area contributed by atoms with E-state index in [0.717, 1.165) is 24.5 Å². The van der Waals surface area contributed by atoms with E-state index in [4.69, 9.17) is 15.2 Å². The molecule has 0 spiro atoms. The number of benzene rings is 2. The van der Waals surface area contributed by atoms with Crippen LogP contribution < -0.4 is 15.2 Å². The topological polar surface area (TPSA) is 44.5 Å². The molecule has 0 amide bonds. The third-order valence-electron chi connectivity index (χ3n) is 3.91. The summed E-state index contributed by atoms with van der Waals surface area (Å²) in [6, 6.07) is 16.5. The molecule has 0 saturated heterocycles. The van der Waals surface area contributed by atoms with Crippen LogP contribution in [-0.2, 0) is 6.42 Å². The van der Waals surface area contributed by atoms with Crippen molar-refractivity contribution in [1.82, 2.24) is 0 Å². The first-order valence-electron chi connectivity index (χ1n) is 8.77. The van der Waals surface area contributed by atoms with Gasteiger partial charge >= 0.3 is 0 Å². The Hall–Kier alpha value is -2.00. The summed E-state index contributed by atoms with van der Waals surface area (Å²) in [4.78, 5) is 0. The Bertz CT molecular complexity index is 625. The molecular formula is C21H29NO2. The largest absolute Gasteiger partial charge is 0.494 e. The summed E-state index contributed by atoms with van der Waals surface area (Å²) in [7, 11) is 0. The van der Waals surface area contributed by atoms with E-state index >= 15 is 0 Å². The molecule has 0 aliphatic carbocycles. The van der Waals surface area contributed by atoms with Crippen LogP contribution in [0.4, 0.5) is 0 Å². The molecule has 0 bridgehead atoms. The fourth-order valence-electron chi connectivity index (χ4n) is 2.73. The van der Waals surface area contributed by atoms with Gasteiger partial charge in [-0.15, -0.1) is 0 Å². The van der Waals surface area contributed by atoms with Crippen LogP contribution in [0, 0.1) is 5.92 Å². The van der Waals surface area contributed by atoms with E-state index in [1.807, 2.05) is 37.3 Å². The van der Waals surface area contributed by atoms with Gasteiger partial charge in [-0.2, -0.15) is 0 Å². The molecule has 130 valence electrons. The lowest BCUT2D eigenvalue weighted by Crippen LogP contribution is -2.16. The quantitative estimate of drug-likeness (QED) is 0.742. The summed E-state index contributed by atoms with van der Waals surface area (Å²) < 4.78 is 11.6. The molecule has 0 aliphatic rings. The zero-order valence-electron chi connectivity index (χ0n) is 15.0. The number of rotatable bonds is 9. The predicted molar refractivity (Wildman–Crippen MR) is 99.9 cm³/mol. The van der Waals surface area contributed by atoms with Crippen LogP contribution in [0.3, 0.4) is 0 Å². The first kappa shape index (κ1) is 18.3. The summed E-state index contributed by atoms with van der Waals surface area (Å²) in [6.07, 6.45) is 0.874. The van der Waals surface area contributed by atoms with E-state index in [1.54, 1.807) is 0 Å². The molecular weight excluding hydrogens is 298 g/mol. The maximum atomic E-state index is 6.07. The molecule has 0 aromatic heterocycles. The minimum atomic E-state index is 0.230. The summed E-state index contributed by atoms with van der Waals surface area (Å²) >= 11 is 0. The maximum Gasteiger partial charge on any atom is 0.122 e. The third-order valence-corrected chi connectivity index (χ3v) is 3.91. The summed E-state index contributed by atoms with van der Waals surface area (Å²) in [5.41, 5.74) is 8.48. The predicted octanol–water partition coefficient (Wildman–Crippen LogP) is 4.41. The molecule has 2 aromatic rings. The monoisotopic (exact) mass is 327 g/mol. The Morgan fingerprint density at radius 3 is 2.50 bits per heavy atom. The van der Waals surface area contributed by atoms with Crippen LogP contribution in [0.2, 0.25) is 0 Å². The highest BCUT2D eigenvalue weighted by Gasteiger charge is 2.15. The number of ether oxygens (including phenoxy) is 2. The van der Waals surface area contributed by atoms with Crippen molar-refractivity contribution in [2.24, 2.45) is 11.7 Å². The molecule has 3 nitrogen and oxygen atoms in total. The van der Waals surface area contributed by atoms with Gasteiger partial charge in [-0.05, 0) is 55.1 Å². The molecule has 0 radical (unpaired) electrons. The smallest absolute Gasteiger partial charge is 0.122 e. The molecule has 1 unspecified atom stereocenters. The Morgan fingerprint density at radius 1 is 1.00 bits per heavy atom. The van der Waals surface area contributed by atoms with Gasteiger partial charge in [0.1, 0.15) is 11.5 Å². The van der Waals surface area contributed by atoms with Gasteiger partial charge in [-0.1, -0.05) is 44.2 Å². The van der Waals surface area contributed by atoms with Crippen LogP contribution in [-0.4, -0.2) is 19.8 Å². The molecule has 2 aromatic carbocycles. The zero-order valence-corrected chi connectivity index (χ0v) is 15.0. The molecule has 2 rings (SSSR count). The van der Waals surface area contributed by atoms with Gasteiger partial charge < -0.3 is 15.2 Å². The number of nitrogens with two attached hydrogens (primary N) is 1. The van der Waals surface area contributed by atoms with Crippen LogP contribution in [0.5, 0.6) is 11.5 Å². The maximum absolute atomic E-state index is 6.07. The minimum absolute atomic E-state index is 0.230. The average molecular weight is 327 g/mol. The Balaban J connectivity index is 2.14. The van der Waals surface area contributed by atoms with Crippen molar-refractivity contribution in [1.29, 1.82) is 0 Å². The highest BCUT2D eigenvalue weighted by Crippen LogP contribution is 2.29. The molecule has 0 heterocycles. The molecule has 1 atom stereocenters. The Labute approximate surface area is 145 Å². The molecule has 3 heteroatoms. The van der Waals surface area contributed by atoms with Gasteiger partial charge in [0.15, 0.2) is 0 Å². The van der Waals surface area contributed by atoms with Crippen molar-refractivity contribution in [3.8, 4) is 11.5 Å². The fourth-order valence-corrected chi connectivity index (χ4v) is 2.73.